The van der Waals surface area contributed by atoms with Crippen molar-refractivity contribution in [1.82, 2.24) is 14.1 Å². The third kappa shape index (κ3) is 1.58. The predicted molar refractivity (Wildman–Crippen MR) is 68.8 cm³/mol. The minimum atomic E-state index is -0.200. The molecule has 0 radical (unpaired) electrons. The van der Waals surface area contributed by atoms with Gasteiger partial charge in [0, 0.05) is 12.3 Å². The number of rotatable bonds is 3. The molecule has 0 N–H and O–H groups in total. The van der Waals surface area contributed by atoms with Gasteiger partial charge < -0.3 is 4.18 Å². The summed E-state index contributed by atoms with van der Waals surface area (Å²) in [6, 6.07) is 2.97. The van der Waals surface area contributed by atoms with E-state index >= 15 is 0 Å². The van der Waals surface area contributed by atoms with Crippen LogP contribution < -0.4 is 11.1 Å². The highest BCUT2D eigenvalue weighted by Gasteiger charge is 2.26. The lowest BCUT2D eigenvalue weighted by atomic mass is 10.3. The number of hydrogen-bond acceptors (Lipinski definition) is 5. The molecule has 0 aliphatic carbocycles. The predicted octanol–water partition coefficient (Wildman–Crippen LogP) is 0.407. The zero-order valence-corrected chi connectivity index (χ0v) is 10.5. The van der Waals surface area contributed by atoms with E-state index in [-0.39, 0.29) is 17.2 Å². The zero-order chi connectivity index (χ0) is 12.7. The Morgan fingerprint density at radius 1 is 1.44 bits per heavy atom. The molecule has 0 fully saturated rings. The molecule has 18 heavy (non-hydrogen) atoms. The quantitative estimate of drug-likeness (QED) is 0.752. The molecule has 1 aliphatic heterocycles. The summed E-state index contributed by atoms with van der Waals surface area (Å²) in [6.45, 7) is 0.846. The maximum absolute atomic E-state index is 11.9. The second-order valence-electron chi connectivity index (χ2n) is 4.06. The molecule has 3 rings (SSSR count). The third-order valence-corrected chi connectivity index (χ3v) is 3.42. The van der Waals surface area contributed by atoms with Crippen LogP contribution in [0, 0.1) is 0 Å². The first-order valence-corrected chi connectivity index (χ1v) is 6.64. The molecule has 6 nitrogen and oxygen atoms in total. The summed E-state index contributed by atoms with van der Waals surface area (Å²) in [5, 5.41) is 0. The molecule has 1 unspecified atom stereocenters. The smallest absolute Gasteiger partial charge is 0.271 e. The van der Waals surface area contributed by atoms with Gasteiger partial charge >= 0.3 is 0 Å². The van der Waals surface area contributed by atoms with E-state index < -0.39 is 0 Å². The minimum absolute atomic E-state index is 0.115. The van der Waals surface area contributed by atoms with Gasteiger partial charge in [-0.2, -0.15) is 0 Å². The Labute approximate surface area is 106 Å². The topological polar surface area (TPSA) is 66.1 Å². The first-order chi connectivity index (χ1) is 8.72. The van der Waals surface area contributed by atoms with Crippen molar-refractivity contribution in [2.75, 3.05) is 12.9 Å². The van der Waals surface area contributed by atoms with E-state index in [9.17, 15) is 9.59 Å². The third-order valence-electron chi connectivity index (χ3n) is 3.05. The van der Waals surface area contributed by atoms with Crippen molar-refractivity contribution < 1.29 is 4.18 Å². The Hall–Kier alpha value is -1.60. The lowest BCUT2D eigenvalue weighted by Gasteiger charge is -2.11. The summed E-state index contributed by atoms with van der Waals surface area (Å²) in [6.07, 6.45) is 3.10. The van der Waals surface area contributed by atoms with E-state index in [1.165, 1.54) is 24.3 Å². The normalized spacial score (nSPS) is 17.5. The molecular weight excluding hydrogens is 254 g/mol. The van der Waals surface area contributed by atoms with Crippen LogP contribution in [-0.2, 0) is 10.7 Å². The summed E-state index contributed by atoms with van der Waals surface area (Å²) in [4.78, 5) is 27.8. The van der Waals surface area contributed by atoms with Gasteiger partial charge in [-0.1, -0.05) is 0 Å². The average molecular weight is 265 g/mol. The summed E-state index contributed by atoms with van der Waals surface area (Å²) in [5.41, 5.74) is 0.926. The Kier molecular flexibility index (Phi) is 2.71. The SMILES string of the molecule is CSOCC1Cn2c(=O)ccc3ncc(=O)n1c32. The molecule has 3 heterocycles. The van der Waals surface area contributed by atoms with Crippen molar-refractivity contribution in [3.8, 4) is 0 Å². The van der Waals surface area contributed by atoms with Crippen LogP contribution in [-0.4, -0.2) is 27.0 Å². The van der Waals surface area contributed by atoms with Crippen molar-refractivity contribution in [2.45, 2.75) is 12.6 Å². The van der Waals surface area contributed by atoms with Gasteiger partial charge in [-0.15, -0.1) is 0 Å². The molecule has 2 aromatic heterocycles. The average Bonchev–Trinajstić information content (AvgIpc) is 2.76. The number of aromatic nitrogens is 3. The van der Waals surface area contributed by atoms with Crippen LogP contribution in [0.4, 0.5) is 0 Å². The van der Waals surface area contributed by atoms with E-state index in [4.69, 9.17) is 4.18 Å². The molecule has 0 bridgehead atoms. The second kappa shape index (κ2) is 4.25. The minimum Gasteiger partial charge on any atom is -0.313 e. The van der Waals surface area contributed by atoms with Gasteiger partial charge in [0.25, 0.3) is 11.1 Å². The molecular formula is C11H11N3O3S. The van der Waals surface area contributed by atoms with E-state index in [2.05, 4.69) is 4.98 Å². The maximum Gasteiger partial charge on any atom is 0.271 e. The van der Waals surface area contributed by atoms with Gasteiger partial charge in [-0.25, -0.2) is 4.98 Å². The highest BCUT2D eigenvalue weighted by Crippen LogP contribution is 2.22. The van der Waals surface area contributed by atoms with Crippen molar-refractivity contribution >= 4 is 23.2 Å². The fourth-order valence-electron chi connectivity index (χ4n) is 2.30. The highest BCUT2D eigenvalue weighted by atomic mass is 32.2. The summed E-state index contributed by atoms with van der Waals surface area (Å²) in [7, 11) is 0. The number of pyridine rings is 1. The molecule has 1 atom stereocenters. The Balaban J connectivity index is 2.25. The van der Waals surface area contributed by atoms with Crippen LogP contribution in [0.1, 0.15) is 6.04 Å². The molecule has 2 aromatic rings. The van der Waals surface area contributed by atoms with Crippen LogP contribution in [0.2, 0.25) is 0 Å². The van der Waals surface area contributed by atoms with Crippen LogP contribution in [0.25, 0.3) is 11.2 Å². The Bertz CT molecular complexity index is 716. The Morgan fingerprint density at radius 2 is 2.28 bits per heavy atom. The van der Waals surface area contributed by atoms with Gasteiger partial charge in [-0.05, 0) is 18.1 Å². The van der Waals surface area contributed by atoms with Crippen molar-refractivity contribution in [3.05, 3.63) is 39.0 Å². The monoisotopic (exact) mass is 265 g/mol. The van der Waals surface area contributed by atoms with Crippen molar-refractivity contribution in [2.24, 2.45) is 0 Å². The maximum atomic E-state index is 11.9. The summed E-state index contributed by atoms with van der Waals surface area (Å²) >= 11 is 1.25. The largest absolute Gasteiger partial charge is 0.313 e. The lowest BCUT2D eigenvalue weighted by molar-refractivity contribution is 0.283. The zero-order valence-electron chi connectivity index (χ0n) is 9.70. The summed E-state index contributed by atoms with van der Waals surface area (Å²) < 4.78 is 8.47. The van der Waals surface area contributed by atoms with Crippen LogP contribution >= 0.6 is 12.0 Å². The molecule has 0 saturated heterocycles. The van der Waals surface area contributed by atoms with E-state index in [1.807, 2.05) is 6.26 Å². The molecule has 0 spiro atoms. The second-order valence-corrected chi connectivity index (χ2v) is 4.63. The molecule has 0 amide bonds. The first-order valence-electron chi connectivity index (χ1n) is 5.49. The van der Waals surface area contributed by atoms with Gasteiger partial charge in [0.1, 0.15) is 11.2 Å². The number of hydrogen-bond donors (Lipinski definition) is 0. The molecule has 7 heteroatoms. The fourth-order valence-corrected chi connectivity index (χ4v) is 2.59. The van der Waals surface area contributed by atoms with Crippen LogP contribution in [0.3, 0.4) is 0 Å². The number of nitrogens with zero attached hydrogens (tertiary/aromatic N) is 3. The Morgan fingerprint density at radius 3 is 3.06 bits per heavy atom. The molecule has 94 valence electrons. The van der Waals surface area contributed by atoms with Crippen molar-refractivity contribution in [1.29, 1.82) is 0 Å². The van der Waals surface area contributed by atoms with Crippen LogP contribution in [0.15, 0.2) is 27.9 Å². The fraction of sp³-hybridized carbons (Fsp3) is 0.364. The first kappa shape index (κ1) is 11.5. The van der Waals surface area contributed by atoms with E-state index in [0.717, 1.165) is 0 Å². The van der Waals surface area contributed by atoms with Gasteiger partial charge in [0.05, 0.1) is 25.4 Å². The van der Waals surface area contributed by atoms with Gasteiger partial charge in [0.15, 0.2) is 0 Å². The molecule has 0 aromatic carbocycles. The van der Waals surface area contributed by atoms with E-state index in [1.54, 1.807) is 15.2 Å². The standard InChI is InChI=1S/C11H11N3O3S/c1-18-17-6-7-5-13-9(15)3-2-8-11(13)14(7)10(16)4-12-8/h2-4,7H,5-6H2,1H3. The molecule has 1 aliphatic rings. The lowest BCUT2D eigenvalue weighted by Crippen LogP contribution is -2.24. The molecule has 0 saturated carbocycles. The van der Waals surface area contributed by atoms with Crippen molar-refractivity contribution in [3.63, 3.8) is 0 Å². The highest BCUT2D eigenvalue weighted by molar-refractivity contribution is 7.93. The van der Waals surface area contributed by atoms with E-state index in [0.29, 0.717) is 24.3 Å². The van der Waals surface area contributed by atoms with Gasteiger partial charge in [-0.3, -0.25) is 18.7 Å². The summed E-state index contributed by atoms with van der Waals surface area (Å²) in [5.74, 6) is 0. The van der Waals surface area contributed by atoms with Gasteiger partial charge in [0.2, 0.25) is 0 Å². The van der Waals surface area contributed by atoms with Crippen LogP contribution in [0.5, 0.6) is 0 Å².